The molecular formula is C12H17Cl3N3O+. The van der Waals surface area contributed by atoms with Crippen molar-refractivity contribution in [2.45, 2.75) is 36.3 Å². The van der Waals surface area contributed by atoms with E-state index in [-0.39, 0.29) is 5.91 Å². The lowest BCUT2D eigenvalue weighted by atomic mass is 10.3. The van der Waals surface area contributed by atoms with Gasteiger partial charge in [-0.15, -0.1) is 0 Å². The first-order chi connectivity index (χ1) is 8.93. The van der Waals surface area contributed by atoms with Gasteiger partial charge in [0, 0.05) is 24.4 Å². The summed E-state index contributed by atoms with van der Waals surface area (Å²) in [4.78, 5) is 15.6. The molecule has 106 valence electrons. The zero-order chi connectivity index (χ0) is 14.3. The van der Waals surface area contributed by atoms with Crippen molar-refractivity contribution in [2.24, 2.45) is 0 Å². The van der Waals surface area contributed by atoms with Crippen LogP contribution in [0.15, 0.2) is 24.5 Å². The zero-order valence-corrected chi connectivity index (χ0v) is 12.8. The molecule has 0 spiro atoms. The SMILES string of the molecule is CCCC(=O)N[C@H]([NH2+]Cc1cccnc1)C(Cl)(Cl)Cl. The third-order valence-corrected chi connectivity index (χ3v) is 3.16. The van der Waals surface area contributed by atoms with Crippen LogP contribution in [0.3, 0.4) is 0 Å². The minimum atomic E-state index is -1.56. The molecule has 0 bridgehead atoms. The Morgan fingerprint density at radius 3 is 2.79 bits per heavy atom. The van der Waals surface area contributed by atoms with E-state index in [1.54, 1.807) is 17.7 Å². The quantitative estimate of drug-likeness (QED) is 0.618. The predicted molar refractivity (Wildman–Crippen MR) is 77.0 cm³/mol. The Kier molecular flexibility index (Phi) is 6.86. The number of nitrogens with zero attached hydrogens (tertiary/aromatic N) is 1. The summed E-state index contributed by atoms with van der Waals surface area (Å²) >= 11 is 17.6. The molecule has 0 aliphatic rings. The molecule has 1 aromatic rings. The largest absolute Gasteiger partial charge is 0.319 e. The zero-order valence-electron chi connectivity index (χ0n) is 10.6. The summed E-state index contributed by atoms with van der Waals surface area (Å²) in [6.07, 6.45) is 3.97. The minimum Gasteiger partial charge on any atom is -0.319 e. The molecule has 19 heavy (non-hydrogen) atoms. The first-order valence-electron chi connectivity index (χ1n) is 6.01. The molecule has 1 aromatic heterocycles. The Hall–Kier alpha value is -0.550. The van der Waals surface area contributed by atoms with Gasteiger partial charge in [-0.05, 0) is 12.5 Å². The third-order valence-electron chi connectivity index (χ3n) is 2.46. The Morgan fingerprint density at radius 2 is 2.26 bits per heavy atom. The summed E-state index contributed by atoms with van der Waals surface area (Å²) in [5.41, 5.74) is 0.992. The van der Waals surface area contributed by atoms with E-state index < -0.39 is 9.96 Å². The fourth-order valence-corrected chi connectivity index (χ4v) is 1.95. The van der Waals surface area contributed by atoms with Crippen LogP contribution in [-0.4, -0.2) is 20.8 Å². The fraction of sp³-hybridized carbons (Fsp3) is 0.500. The molecule has 0 fully saturated rings. The van der Waals surface area contributed by atoms with Crippen LogP contribution in [0.5, 0.6) is 0 Å². The number of hydrogen-bond acceptors (Lipinski definition) is 2. The fourth-order valence-electron chi connectivity index (χ4n) is 1.52. The van der Waals surface area contributed by atoms with Crippen LogP contribution in [0.2, 0.25) is 0 Å². The molecule has 1 rings (SSSR count). The van der Waals surface area contributed by atoms with Crippen LogP contribution in [0.25, 0.3) is 0 Å². The van der Waals surface area contributed by atoms with Crippen molar-refractivity contribution in [1.82, 2.24) is 10.3 Å². The lowest BCUT2D eigenvalue weighted by Gasteiger charge is -2.23. The summed E-state index contributed by atoms with van der Waals surface area (Å²) < 4.78 is -1.56. The van der Waals surface area contributed by atoms with Crippen LogP contribution in [-0.2, 0) is 11.3 Å². The van der Waals surface area contributed by atoms with Crippen molar-refractivity contribution < 1.29 is 10.1 Å². The van der Waals surface area contributed by atoms with Gasteiger partial charge in [-0.25, -0.2) is 0 Å². The van der Waals surface area contributed by atoms with Crippen molar-refractivity contribution in [3.63, 3.8) is 0 Å². The maximum Gasteiger partial charge on any atom is 0.262 e. The molecule has 3 N–H and O–H groups in total. The maximum atomic E-state index is 11.6. The van der Waals surface area contributed by atoms with Crippen LogP contribution in [0.4, 0.5) is 0 Å². The highest BCUT2D eigenvalue weighted by atomic mass is 35.6. The molecule has 0 saturated carbocycles. The van der Waals surface area contributed by atoms with Gasteiger partial charge in [0.05, 0.1) is 0 Å². The number of nitrogens with one attached hydrogen (secondary N) is 1. The minimum absolute atomic E-state index is 0.124. The molecule has 0 aliphatic heterocycles. The van der Waals surface area contributed by atoms with E-state index in [0.29, 0.717) is 13.0 Å². The number of carbonyl (C=O) groups is 1. The first-order valence-corrected chi connectivity index (χ1v) is 7.15. The second-order valence-corrected chi connectivity index (χ2v) is 6.51. The summed E-state index contributed by atoms with van der Waals surface area (Å²) in [5, 5.41) is 4.49. The Labute approximate surface area is 127 Å². The molecule has 0 radical (unpaired) electrons. The highest BCUT2D eigenvalue weighted by molar-refractivity contribution is 6.68. The molecule has 1 heterocycles. The van der Waals surface area contributed by atoms with E-state index in [0.717, 1.165) is 12.0 Å². The molecule has 0 unspecified atom stereocenters. The lowest BCUT2D eigenvalue weighted by molar-refractivity contribution is -0.707. The topological polar surface area (TPSA) is 58.6 Å². The Bertz CT molecular complexity index is 395. The van der Waals surface area contributed by atoms with Gasteiger partial charge in [-0.3, -0.25) is 9.78 Å². The number of carbonyl (C=O) groups excluding carboxylic acids is 1. The van der Waals surface area contributed by atoms with Crippen molar-refractivity contribution in [3.8, 4) is 0 Å². The Balaban J connectivity index is 2.58. The number of alkyl halides is 3. The first kappa shape index (κ1) is 16.5. The smallest absolute Gasteiger partial charge is 0.262 e. The number of quaternary nitrogens is 1. The average molecular weight is 326 g/mol. The van der Waals surface area contributed by atoms with Crippen LogP contribution in [0.1, 0.15) is 25.3 Å². The molecule has 7 heteroatoms. The van der Waals surface area contributed by atoms with E-state index in [1.807, 2.05) is 19.1 Å². The summed E-state index contributed by atoms with van der Waals surface area (Å²) in [7, 11) is 0. The predicted octanol–water partition coefficient (Wildman–Crippen LogP) is 1.76. The van der Waals surface area contributed by atoms with Gasteiger partial charge in [-0.1, -0.05) is 47.8 Å². The van der Waals surface area contributed by atoms with Gasteiger partial charge >= 0.3 is 0 Å². The van der Waals surface area contributed by atoms with E-state index in [2.05, 4.69) is 10.3 Å². The van der Waals surface area contributed by atoms with Gasteiger partial charge in [0.1, 0.15) is 6.54 Å². The van der Waals surface area contributed by atoms with Crippen molar-refractivity contribution in [2.75, 3.05) is 0 Å². The molecular weight excluding hydrogens is 309 g/mol. The van der Waals surface area contributed by atoms with Crippen molar-refractivity contribution >= 4 is 40.7 Å². The maximum absolute atomic E-state index is 11.6. The Morgan fingerprint density at radius 1 is 1.53 bits per heavy atom. The standard InChI is InChI=1S/C12H16Cl3N3O/c1-2-4-10(19)18-11(12(13,14)15)17-8-9-5-3-6-16-7-9/h3,5-7,11,17H,2,4,8H2,1H3,(H,18,19)/p+1/t11-/m0/s1. The van der Waals surface area contributed by atoms with Crippen LogP contribution >= 0.6 is 34.8 Å². The van der Waals surface area contributed by atoms with Crippen molar-refractivity contribution in [3.05, 3.63) is 30.1 Å². The summed E-state index contributed by atoms with van der Waals surface area (Å²) in [5.74, 6) is -0.124. The number of nitrogens with two attached hydrogens (primary N) is 1. The highest BCUT2D eigenvalue weighted by Gasteiger charge is 2.37. The van der Waals surface area contributed by atoms with Gasteiger partial charge in [0.2, 0.25) is 12.1 Å². The van der Waals surface area contributed by atoms with Crippen LogP contribution < -0.4 is 10.6 Å². The second kappa shape index (κ2) is 7.90. The van der Waals surface area contributed by atoms with Crippen molar-refractivity contribution in [1.29, 1.82) is 0 Å². The summed E-state index contributed by atoms with van der Waals surface area (Å²) in [6, 6.07) is 3.76. The molecule has 1 amide bonds. The van der Waals surface area contributed by atoms with Gasteiger partial charge in [0.15, 0.2) is 0 Å². The molecule has 0 saturated heterocycles. The summed E-state index contributed by atoms with van der Waals surface area (Å²) in [6.45, 7) is 2.49. The number of pyridine rings is 1. The van der Waals surface area contributed by atoms with E-state index in [1.165, 1.54) is 0 Å². The number of rotatable bonds is 6. The molecule has 1 atom stereocenters. The van der Waals surface area contributed by atoms with Gasteiger partial charge < -0.3 is 10.6 Å². The average Bonchev–Trinajstić information content (AvgIpc) is 2.34. The molecule has 0 aromatic carbocycles. The van der Waals surface area contributed by atoms with Crippen LogP contribution in [0, 0.1) is 0 Å². The van der Waals surface area contributed by atoms with E-state index in [9.17, 15) is 4.79 Å². The molecule has 4 nitrogen and oxygen atoms in total. The number of halogens is 3. The highest BCUT2D eigenvalue weighted by Crippen LogP contribution is 2.27. The normalized spacial score (nSPS) is 13.1. The van der Waals surface area contributed by atoms with Gasteiger partial charge in [-0.2, -0.15) is 0 Å². The number of aromatic nitrogens is 1. The van der Waals surface area contributed by atoms with E-state index in [4.69, 9.17) is 34.8 Å². The number of amides is 1. The van der Waals surface area contributed by atoms with E-state index >= 15 is 0 Å². The monoisotopic (exact) mass is 324 g/mol. The number of hydrogen-bond donors (Lipinski definition) is 2. The van der Waals surface area contributed by atoms with Gasteiger partial charge in [0.25, 0.3) is 3.79 Å². The lowest BCUT2D eigenvalue weighted by Crippen LogP contribution is -2.95. The third kappa shape index (κ3) is 6.43. The second-order valence-electron chi connectivity index (χ2n) is 4.14. The molecule has 0 aliphatic carbocycles.